The minimum atomic E-state index is -2.34. The van der Waals surface area contributed by atoms with Crippen molar-refractivity contribution in [2.45, 2.75) is 6.42 Å². The Morgan fingerprint density at radius 3 is 2.32 bits per heavy atom. The fourth-order valence-electron chi connectivity index (χ4n) is 3.19. The number of benzene rings is 3. The number of hydrogen-bond donors (Lipinski definition) is 0. The second-order valence-electron chi connectivity index (χ2n) is 6.94. The molecule has 0 aliphatic carbocycles. The first-order valence-electron chi connectivity index (χ1n) is 9.65. The van der Waals surface area contributed by atoms with E-state index in [2.05, 4.69) is 9.89 Å². The first-order chi connectivity index (χ1) is 16.3. The average molecular weight is 479 g/mol. The molecule has 4 rings (SSSR count). The Morgan fingerprint density at radius 1 is 0.941 bits per heavy atom. The van der Waals surface area contributed by atoms with Crippen molar-refractivity contribution >= 4 is 16.9 Å². The summed E-state index contributed by atoms with van der Waals surface area (Å²) in [6.45, 7) is -1.12. The highest BCUT2D eigenvalue weighted by Crippen LogP contribution is 2.30. The molecule has 0 saturated carbocycles. The number of methoxy groups -OCH3 is 1. The molecule has 0 atom stereocenters. The lowest BCUT2D eigenvalue weighted by Gasteiger charge is -2.10. The summed E-state index contributed by atoms with van der Waals surface area (Å²) in [4.78, 5) is 12.0. The van der Waals surface area contributed by atoms with Gasteiger partial charge in [-0.05, 0) is 18.2 Å². The van der Waals surface area contributed by atoms with Crippen LogP contribution in [-0.4, -0.2) is 24.8 Å². The van der Waals surface area contributed by atoms with Crippen LogP contribution in [0.1, 0.15) is 11.3 Å². The maximum absolute atomic E-state index is 13.6. The van der Waals surface area contributed by atoms with Gasteiger partial charge in [0, 0.05) is 23.4 Å². The largest absolute Gasteiger partial charge is 0.496 e. The van der Waals surface area contributed by atoms with Gasteiger partial charge in [-0.25, -0.2) is 18.0 Å². The molecule has 0 spiro atoms. The van der Waals surface area contributed by atoms with Gasteiger partial charge in [-0.3, -0.25) is 0 Å². The predicted octanol–water partition coefficient (Wildman–Crippen LogP) is 5.11. The molecule has 0 saturated heterocycles. The van der Waals surface area contributed by atoms with Crippen molar-refractivity contribution in [2.24, 2.45) is 0 Å². The van der Waals surface area contributed by atoms with Crippen LogP contribution in [-0.2, 0) is 11.2 Å². The topological polar surface area (TPSA) is 70.8 Å². The van der Waals surface area contributed by atoms with Crippen LogP contribution in [0.3, 0.4) is 0 Å². The van der Waals surface area contributed by atoms with E-state index >= 15 is 0 Å². The second kappa shape index (κ2) is 9.38. The lowest BCUT2D eigenvalue weighted by atomic mass is 10.1. The van der Waals surface area contributed by atoms with E-state index in [0.717, 1.165) is 5.56 Å². The van der Waals surface area contributed by atoms with Crippen molar-refractivity contribution in [3.63, 3.8) is 0 Å². The second-order valence-corrected chi connectivity index (χ2v) is 6.94. The van der Waals surface area contributed by atoms with E-state index in [1.807, 2.05) is 24.3 Å². The summed E-state index contributed by atoms with van der Waals surface area (Å²) in [6, 6.07) is 11.7. The molecular weight excluding hydrogens is 465 g/mol. The van der Waals surface area contributed by atoms with E-state index in [1.54, 1.807) is 13.2 Å². The highest BCUT2D eigenvalue weighted by atomic mass is 19.2. The molecule has 0 bridgehead atoms. The van der Waals surface area contributed by atoms with E-state index in [4.69, 9.17) is 14.0 Å². The molecule has 34 heavy (non-hydrogen) atoms. The van der Waals surface area contributed by atoms with E-state index < -0.39 is 47.4 Å². The normalized spacial score (nSPS) is 11.0. The SMILES string of the molecule is COc1ccccc1Cc1noc2cc(OC(=O)COc3c(F)c(F)c(F)c(F)c3F)ccc12. The lowest BCUT2D eigenvalue weighted by molar-refractivity contribution is -0.136. The fourth-order valence-corrected chi connectivity index (χ4v) is 3.19. The smallest absolute Gasteiger partial charge is 0.349 e. The van der Waals surface area contributed by atoms with Crippen LogP contribution in [0.25, 0.3) is 11.0 Å². The Labute approximate surface area is 188 Å². The number of carbonyl (C=O) groups excluding carboxylic acids is 1. The maximum atomic E-state index is 13.6. The van der Waals surface area contributed by atoms with Gasteiger partial charge in [0.15, 0.2) is 17.9 Å². The van der Waals surface area contributed by atoms with E-state index in [1.165, 1.54) is 12.1 Å². The van der Waals surface area contributed by atoms with Crippen LogP contribution < -0.4 is 14.2 Å². The van der Waals surface area contributed by atoms with E-state index in [0.29, 0.717) is 23.3 Å². The first kappa shape index (κ1) is 23.0. The number of nitrogens with zero attached hydrogens (tertiary/aromatic N) is 1. The summed E-state index contributed by atoms with van der Waals surface area (Å²) in [7, 11) is 1.55. The third-order valence-electron chi connectivity index (χ3n) is 4.80. The average Bonchev–Trinajstić information content (AvgIpc) is 3.23. The highest BCUT2D eigenvalue weighted by Gasteiger charge is 2.27. The molecular formula is C23H14F5NO5. The van der Waals surface area contributed by atoms with Crippen LogP contribution in [0.5, 0.6) is 17.2 Å². The third-order valence-corrected chi connectivity index (χ3v) is 4.80. The van der Waals surface area contributed by atoms with Crippen molar-refractivity contribution in [3.05, 3.63) is 82.8 Å². The molecule has 0 unspecified atom stereocenters. The van der Waals surface area contributed by atoms with E-state index in [9.17, 15) is 26.7 Å². The number of carbonyl (C=O) groups is 1. The molecule has 6 nitrogen and oxygen atoms in total. The van der Waals surface area contributed by atoms with Gasteiger partial charge in [0.2, 0.25) is 29.1 Å². The molecule has 0 N–H and O–H groups in total. The van der Waals surface area contributed by atoms with Gasteiger partial charge in [0.1, 0.15) is 11.5 Å². The molecule has 1 heterocycles. The van der Waals surface area contributed by atoms with Gasteiger partial charge in [-0.1, -0.05) is 23.4 Å². The van der Waals surface area contributed by atoms with Crippen LogP contribution in [0.2, 0.25) is 0 Å². The predicted molar refractivity (Wildman–Crippen MR) is 107 cm³/mol. The van der Waals surface area contributed by atoms with Gasteiger partial charge in [-0.15, -0.1) is 0 Å². The molecule has 0 radical (unpaired) electrons. The van der Waals surface area contributed by atoms with Crippen molar-refractivity contribution in [1.29, 1.82) is 0 Å². The molecule has 0 aliphatic rings. The maximum Gasteiger partial charge on any atom is 0.349 e. The lowest BCUT2D eigenvalue weighted by Crippen LogP contribution is -2.19. The number of para-hydroxylation sites is 1. The summed E-state index contributed by atoms with van der Waals surface area (Å²) >= 11 is 0. The fraction of sp³-hybridized carbons (Fsp3) is 0.130. The Hall–Kier alpha value is -4.15. The highest BCUT2D eigenvalue weighted by molar-refractivity contribution is 5.82. The Kier molecular flexibility index (Phi) is 6.35. The molecule has 4 aromatic rings. The zero-order valence-electron chi connectivity index (χ0n) is 17.3. The number of fused-ring (bicyclic) bond motifs is 1. The van der Waals surface area contributed by atoms with E-state index in [-0.39, 0.29) is 11.3 Å². The molecule has 0 aliphatic heterocycles. The van der Waals surface area contributed by atoms with Crippen LogP contribution in [0.4, 0.5) is 22.0 Å². The molecule has 1 aromatic heterocycles. The summed E-state index contributed by atoms with van der Waals surface area (Å²) in [5.74, 6) is -13.2. The number of aromatic nitrogens is 1. The van der Waals surface area contributed by atoms with Crippen LogP contribution in [0, 0.1) is 29.1 Å². The number of esters is 1. The van der Waals surface area contributed by atoms with Gasteiger partial charge in [0.05, 0.1) is 12.8 Å². The van der Waals surface area contributed by atoms with Crippen molar-refractivity contribution in [3.8, 4) is 17.2 Å². The Morgan fingerprint density at radius 2 is 1.62 bits per heavy atom. The van der Waals surface area contributed by atoms with Gasteiger partial charge in [-0.2, -0.15) is 8.78 Å². The number of hydrogen-bond acceptors (Lipinski definition) is 6. The molecule has 11 heteroatoms. The zero-order chi connectivity index (χ0) is 24.4. The first-order valence-corrected chi connectivity index (χ1v) is 9.65. The Balaban J connectivity index is 1.46. The minimum absolute atomic E-state index is 0.0153. The van der Waals surface area contributed by atoms with Gasteiger partial charge >= 0.3 is 5.97 Å². The van der Waals surface area contributed by atoms with Gasteiger partial charge < -0.3 is 18.7 Å². The summed E-state index contributed by atoms with van der Waals surface area (Å²) in [5.41, 5.74) is 1.77. The summed E-state index contributed by atoms with van der Waals surface area (Å²) in [6.07, 6.45) is 0.409. The Bertz CT molecular complexity index is 1360. The zero-order valence-corrected chi connectivity index (χ0v) is 17.3. The molecule has 0 fully saturated rings. The van der Waals surface area contributed by atoms with Gasteiger partial charge in [0.25, 0.3) is 0 Å². The van der Waals surface area contributed by atoms with Crippen molar-refractivity contribution < 1.29 is 45.5 Å². The number of ether oxygens (including phenoxy) is 3. The standard InChI is InChI=1S/C23H14F5NO5/c1-31-15-5-3-2-4-11(15)8-14-13-7-6-12(9-16(13)34-29-14)33-17(30)10-32-23-21(27)19(25)18(24)20(26)22(23)28/h2-7,9H,8,10H2,1H3. The summed E-state index contributed by atoms with van der Waals surface area (Å²) in [5, 5.41) is 4.67. The number of halogens is 5. The van der Waals surface area contributed by atoms with Crippen LogP contribution in [0.15, 0.2) is 47.0 Å². The minimum Gasteiger partial charge on any atom is -0.496 e. The third kappa shape index (κ3) is 4.36. The molecule has 3 aromatic carbocycles. The quantitative estimate of drug-likeness (QED) is 0.121. The summed E-state index contributed by atoms with van der Waals surface area (Å²) < 4.78 is 86.9. The van der Waals surface area contributed by atoms with Crippen LogP contribution >= 0.6 is 0 Å². The monoisotopic (exact) mass is 479 g/mol. The molecule has 0 amide bonds. The molecule has 176 valence electrons. The van der Waals surface area contributed by atoms with Crippen molar-refractivity contribution in [1.82, 2.24) is 5.16 Å². The number of rotatable bonds is 7. The van der Waals surface area contributed by atoms with Crippen molar-refractivity contribution in [2.75, 3.05) is 13.7 Å².